The molecule has 1 aromatic carbocycles. The first kappa shape index (κ1) is 18.3. The Labute approximate surface area is 145 Å². The number of carboxylic acid groups (broad SMARTS) is 1. The first-order valence-electron chi connectivity index (χ1n) is 7.84. The Morgan fingerprint density at radius 2 is 2.00 bits per heavy atom. The topological polar surface area (TPSA) is 86.7 Å². The Balaban J connectivity index is 1.90. The molecule has 1 unspecified atom stereocenters. The molecule has 0 saturated carbocycles. The molecule has 1 saturated heterocycles. The van der Waals surface area contributed by atoms with Gasteiger partial charge in [-0.15, -0.1) is 0 Å². The Bertz CT molecular complexity index is 600. The van der Waals surface area contributed by atoms with Crippen LogP contribution in [0.1, 0.15) is 25.3 Å². The van der Waals surface area contributed by atoms with Gasteiger partial charge in [0.1, 0.15) is 5.54 Å². The molecule has 1 aliphatic rings. The van der Waals surface area contributed by atoms with Gasteiger partial charge in [-0.2, -0.15) is 11.8 Å². The Morgan fingerprint density at radius 3 is 2.54 bits per heavy atom. The van der Waals surface area contributed by atoms with Gasteiger partial charge in [-0.25, -0.2) is 4.79 Å². The van der Waals surface area contributed by atoms with Crippen molar-refractivity contribution < 1.29 is 19.5 Å². The van der Waals surface area contributed by atoms with Crippen LogP contribution in [-0.2, 0) is 20.9 Å². The normalized spacial score (nSPS) is 19.7. The van der Waals surface area contributed by atoms with E-state index in [0.29, 0.717) is 18.7 Å². The second kappa shape index (κ2) is 8.19. The summed E-state index contributed by atoms with van der Waals surface area (Å²) in [7, 11) is 0. The van der Waals surface area contributed by atoms with Crippen LogP contribution in [0.15, 0.2) is 30.3 Å². The molecular weight excluding hydrogens is 328 g/mol. The van der Waals surface area contributed by atoms with Gasteiger partial charge in [-0.05, 0) is 17.7 Å². The third kappa shape index (κ3) is 4.74. The molecule has 0 spiro atoms. The molecule has 1 fully saturated rings. The van der Waals surface area contributed by atoms with Crippen molar-refractivity contribution >= 4 is 29.5 Å². The molecule has 1 heterocycles. The van der Waals surface area contributed by atoms with Crippen LogP contribution in [0.3, 0.4) is 0 Å². The highest BCUT2D eigenvalue weighted by Crippen LogP contribution is 2.28. The largest absolute Gasteiger partial charge is 0.479 e. The van der Waals surface area contributed by atoms with Gasteiger partial charge >= 0.3 is 5.97 Å². The average Bonchev–Trinajstić information content (AvgIpc) is 3.02. The summed E-state index contributed by atoms with van der Waals surface area (Å²) in [4.78, 5) is 37.0. The number of amides is 2. The molecule has 2 amide bonds. The summed E-state index contributed by atoms with van der Waals surface area (Å²) in [6, 6.07) is 9.54. The fraction of sp³-hybridized carbons (Fsp3) is 0.471. The van der Waals surface area contributed by atoms with Crippen LogP contribution in [0.2, 0.25) is 0 Å². The highest BCUT2D eigenvalue weighted by atomic mass is 32.2. The van der Waals surface area contributed by atoms with Crippen molar-refractivity contribution in [1.82, 2.24) is 10.2 Å². The number of benzene rings is 1. The van der Waals surface area contributed by atoms with Gasteiger partial charge in [0.25, 0.3) is 0 Å². The van der Waals surface area contributed by atoms with Crippen LogP contribution in [0.4, 0.5) is 0 Å². The van der Waals surface area contributed by atoms with E-state index in [9.17, 15) is 19.5 Å². The minimum Gasteiger partial charge on any atom is -0.479 e. The summed E-state index contributed by atoms with van der Waals surface area (Å²) in [5.41, 5.74) is -0.176. The van der Waals surface area contributed by atoms with E-state index in [0.717, 1.165) is 11.3 Å². The van der Waals surface area contributed by atoms with Crippen molar-refractivity contribution in [3.63, 3.8) is 0 Å². The quantitative estimate of drug-likeness (QED) is 0.778. The lowest BCUT2D eigenvalue weighted by molar-refractivity contribution is -0.146. The van der Waals surface area contributed by atoms with E-state index in [2.05, 4.69) is 5.32 Å². The lowest BCUT2D eigenvalue weighted by Gasteiger charge is -2.26. The second-order valence-corrected chi connectivity index (χ2v) is 7.02. The Kier molecular flexibility index (Phi) is 6.25. The monoisotopic (exact) mass is 350 g/mol. The first-order valence-corrected chi connectivity index (χ1v) is 9.00. The summed E-state index contributed by atoms with van der Waals surface area (Å²) < 4.78 is 0. The lowest BCUT2D eigenvalue weighted by atomic mass is 9.99. The van der Waals surface area contributed by atoms with Crippen molar-refractivity contribution in [2.24, 2.45) is 0 Å². The predicted octanol–water partition coefficient (Wildman–Crippen LogP) is 1.50. The number of rotatable bonds is 7. The molecular formula is C17H22N2O4S. The highest BCUT2D eigenvalue weighted by Gasteiger charge is 2.43. The molecule has 24 heavy (non-hydrogen) atoms. The van der Waals surface area contributed by atoms with Gasteiger partial charge in [0.15, 0.2) is 0 Å². The SMILES string of the molecule is CC(=O)N(CCC(=O)NC1(C(=O)O)CCSC1)Cc1ccccc1. The van der Waals surface area contributed by atoms with E-state index >= 15 is 0 Å². The smallest absolute Gasteiger partial charge is 0.330 e. The van der Waals surface area contributed by atoms with Crippen LogP contribution < -0.4 is 5.32 Å². The zero-order chi connectivity index (χ0) is 17.6. The Morgan fingerprint density at radius 1 is 1.29 bits per heavy atom. The van der Waals surface area contributed by atoms with Crippen LogP contribution >= 0.6 is 11.8 Å². The molecule has 1 aromatic rings. The maximum atomic E-state index is 12.2. The number of aliphatic carboxylic acids is 1. The van der Waals surface area contributed by atoms with Gasteiger partial charge in [-0.1, -0.05) is 30.3 Å². The van der Waals surface area contributed by atoms with E-state index in [4.69, 9.17) is 0 Å². The number of carboxylic acids is 1. The molecule has 6 nitrogen and oxygen atoms in total. The molecule has 1 aliphatic heterocycles. The van der Waals surface area contributed by atoms with E-state index < -0.39 is 11.5 Å². The molecule has 2 N–H and O–H groups in total. The van der Waals surface area contributed by atoms with Crippen molar-refractivity contribution in [2.75, 3.05) is 18.1 Å². The molecule has 1 atom stereocenters. The van der Waals surface area contributed by atoms with Gasteiger partial charge in [0.05, 0.1) is 0 Å². The summed E-state index contributed by atoms with van der Waals surface area (Å²) in [5.74, 6) is -0.335. The van der Waals surface area contributed by atoms with Crippen molar-refractivity contribution in [2.45, 2.75) is 31.8 Å². The summed E-state index contributed by atoms with van der Waals surface area (Å²) in [6.07, 6.45) is 0.519. The van der Waals surface area contributed by atoms with E-state index in [1.54, 1.807) is 4.90 Å². The van der Waals surface area contributed by atoms with E-state index in [1.165, 1.54) is 18.7 Å². The third-order valence-electron chi connectivity index (χ3n) is 4.08. The molecule has 130 valence electrons. The van der Waals surface area contributed by atoms with Gasteiger partial charge in [-0.3, -0.25) is 9.59 Å². The summed E-state index contributed by atoms with van der Waals surface area (Å²) in [6.45, 7) is 2.16. The van der Waals surface area contributed by atoms with Crippen molar-refractivity contribution in [1.29, 1.82) is 0 Å². The van der Waals surface area contributed by atoms with Gasteiger partial charge in [0, 0.05) is 32.2 Å². The van der Waals surface area contributed by atoms with Gasteiger partial charge < -0.3 is 15.3 Å². The maximum absolute atomic E-state index is 12.2. The summed E-state index contributed by atoms with van der Waals surface area (Å²) >= 11 is 1.52. The standard InChI is InChI=1S/C17H22N2O4S/c1-13(20)19(11-14-5-3-2-4-6-14)9-7-15(21)18-17(16(22)23)8-10-24-12-17/h2-6H,7-12H2,1H3,(H,18,21)(H,22,23). The van der Waals surface area contributed by atoms with E-state index in [-0.39, 0.29) is 24.8 Å². The van der Waals surface area contributed by atoms with Crippen LogP contribution in [0.25, 0.3) is 0 Å². The second-order valence-electron chi connectivity index (χ2n) is 5.91. The van der Waals surface area contributed by atoms with Crippen molar-refractivity contribution in [3.05, 3.63) is 35.9 Å². The molecule has 0 bridgehead atoms. The Hall–Kier alpha value is -2.02. The van der Waals surface area contributed by atoms with Crippen molar-refractivity contribution in [3.8, 4) is 0 Å². The van der Waals surface area contributed by atoms with Gasteiger partial charge in [0.2, 0.25) is 11.8 Å². The zero-order valence-corrected chi connectivity index (χ0v) is 14.5. The minimum atomic E-state index is -1.16. The number of carbonyl (C=O) groups is 3. The predicted molar refractivity (Wildman–Crippen MR) is 92.6 cm³/mol. The minimum absolute atomic E-state index is 0.0894. The van der Waals surface area contributed by atoms with Crippen LogP contribution in [0.5, 0.6) is 0 Å². The number of nitrogens with one attached hydrogen (secondary N) is 1. The molecule has 7 heteroatoms. The average molecular weight is 350 g/mol. The number of carbonyl (C=O) groups excluding carboxylic acids is 2. The molecule has 0 radical (unpaired) electrons. The molecule has 0 aliphatic carbocycles. The maximum Gasteiger partial charge on any atom is 0.330 e. The fourth-order valence-corrected chi connectivity index (χ4v) is 3.93. The summed E-state index contributed by atoms with van der Waals surface area (Å²) in [5, 5.41) is 12.0. The lowest BCUT2D eigenvalue weighted by Crippen LogP contribution is -2.55. The number of thioether (sulfide) groups is 1. The van der Waals surface area contributed by atoms with Crippen LogP contribution in [-0.4, -0.2) is 51.4 Å². The molecule has 2 rings (SSSR count). The highest BCUT2D eigenvalue weighted by molar-refractivity contribution is 7.99. The van der Waals surface area contributed by atoms with E-state index in [1.807, 2.05) is 30.3 Å². The first-order chi connectivity index (χ1) is 11.4. The van der Waals surface area contributed by atoms with Crippen LogP contribution in [0, 0.1) is 0 Å². The fourth-order valence-electron chi connectivity index (χ4n) is 2.60. The molecule has 0 aromatic heterocycles. The third-order valence-corrected chi connectivity index (χ3v) is 5.27. The number of hydrogen-bond acceptors (Lipinski definition) is 4. The zero-order valence-electron chi connectivity index (χ0n) is 13.7. The number of nitrogens with zero attached hydrogens (tertiary/aromatic N) is 1. The number of hydrogen-bond donors (Lipinski definition) is 2.